The molecule has 0 bridgehead atoms. The topological polar surface area (TPSA) is 80.5 Å². The standard InChI is InChI=1S/C10H14FN7/c1-3-12-10-14-4-7(11)9(16-10)13-5-8-15-6-18(2)17-8/h4,6H,3,5H2,1-2H3,(H2,12,13,14,16). The maximum Gasteiger partial charge on any atom is 0.224 e. The molecule has 2 aromatic rings. The molecule has 2 N–H and O–H groups in total. The first-order valence-electron chi connectivity index (χ1n) is 5.54. The molecule has 2 rings (SSSR count). The van der Waals surface area contributed by atoms with E-state index in [0.29, 0.717) is 24.9 Å². The minimum Gasteiger partial charge on any atom is -0.360 e. The van der Waals surface area contributed by atoms with Gasteiger partial charge >= 0.3 is 0 Å². The first-order valence-corrected chi connectivity index (χ1v) is 5.54. The Balaban J connectivity index is 2.05. The molecule has 0 aromatic carbocycles. The van der Waals surface area contributed by atoms with Gasteiger partial charge in [-0.3, -0.25) is 4.68 Å². The van der Waals surface area contributed by atoms with Crippen molar-refractivity contribution in [3.8, 4) is 0 Å². The van der Waals surface area contributed by atoms with Crippen molar-refractivity contribution in [2.75, 3.05) is 17.2 Å². The number of hydrogen-bond donors (Lipinski definition) is 2. The molecule has 0 aliphatic heterocycles. The van der Waals surface area contributed by atoms with E-state index in [1.165, 1.54) is 0 Å². The van der Waals surface area contributed by atoms with Gasteiger partial charge < -0.3 is 10.6 Å². The van der Waals surface area contributed by atoms with Gasteiger partial charge in [0, 0.05) is 13.6 Å². The van der Waals surface area contributed by atoms with E-state index in [0.717, 1.165) is 6.20 Å². The maximum absolute atomic E-state index is 13.5. The number of nitrogens with zero attached hydrogens (tertiary/aromatic N) is 5. The molecule has 0 amide bonds. The quantitative estimate of drug-likeness (QED) is 0.817. The highest BCUT2D eigenvalue weighted by atomic mass is 19.1. The molecule has 0 radical (unpaired) electrons. The van der Waals surface area contributed by atoms with E-state index >= 15 is 0 Å². The molecular weight excluding hydrogens is 237 g/mol. The number of halogens is 1. The molecule has 0 aliphatic carbocycles. The van der Waals surface area contributed by atoms with E-state index in [2.05, 4.69) is 30.7 Å². The van der Waals surface area contributed by atoms with Gasteiger partial charge in [0.25, 0.3) is 0 Å². The Labute approximate surface area is 103 Å². The first-order chi connectivity index (χ1) is 8.69. The molecule has 0 saturated heterocycles. The molecular formula is C10H14FN7. The largest absolute Gasteiger partial charge is 0.360 e. The molecule has 96 valence electrons. The van der Waals surface area contributed by atoms with Crippen molar-refractivity contribution in [3.63, 3.8) is 0 Å². The van der Waals surface area contributed by atoms with Gasteiger partial charge in [0.2, 0.25) is 5.95 Å². The van der Waals surface area contributed by atoms with Gasteiger partial charge in [0.05, 0.1) is 12.7 Å². The molecule has 0 aliphatic rings. The van der Waals surface area contributed by atoms with Gasteiger partial charge in [-0.1, -0.05) is 0 Å². The minimum absolute atomic E-state index is 0.133. The minimum atomic E-state index is -0.507. The van der Waals surface area contributed by atoms with E-state index in [1.807, 2.05) is 6.92 Å². The Morgan fingerprint density at radius 3 is 2.83 bits per heavy atom. The predicted molar refractivity (Wildman–Crippen MR) is 64.5 cm³/mol. The fourth-order valence-electron chi connectivity index (χ4n) is 1.36. The van der Waals surface area contributed by atoms with Crippen LogP contribution in [-0.2, 0) is 13.6 Å². The molecule has 0 spiro atoms. The first kappa shape index (κ1) is 12.2. The van der Waals surface area contributed by atoms with Crippen LogP contribution in [-0.4, -0.2) is 31.3 Å². The highest BCUT2D eigenvalue weighted by molar-refractivity contribution is 5.40. The normalized spacial score (nSPS) is 10.4. The van der Waals surface area contributed by atoms with Crippen molar-refractivity contribution in [2.45, 2.75) is 13.5 Å². The second-order valence-electron chi connectivity index (χ2n) is 3.61. The molecule has 7 nitrogen and oxygen atoms in total. The van der Waals surface area contributed by atoms with Crippen LogP contribution in [0, 0.1) is 5.82 Å². The monoisotopic (exact) mass is 251 g/mol. The zero-order valence-corrected chi connectivity index (χ0v) is 10.2. The predicted octanol–water partition coefficient (Wildman–Crippen LogP) is 0.788. The van der Waals surface area contributed by atoms with Gasteiger partial charge in [-0.05, 0) is 6.92 Å². The number of rotatable bonds is 5. The third-order valence-electron chi connectivity index (χ3n) is 2.14. The smallest absolute Gasteiger partial charge is 0.224 e. The van der Waals surface area contributed by atoms with Gasteiger partial charge in [-0.15, -0.1) is 0 Å². The van der Waals surface area contributed by atoms with E-state index < -0.39 is 5.82 Å². The Bertz CT molecular complexity index is 525. The van der Waals surface area contributed by atoms with Gasteiger partial charge in [0.15, 0.2) is 17.5 Å². The van der Waals surface area contributed by atoms with Crippen LogP contribution in [0.1, 0.15) is 12.7 Å². The van der Waals surface area contributed by atoms with Crippen molar-refractivity contribution >= 4 is 11.8 Å². The lowest BCUT2D eigenvalue weighted by molar-refractivity contribution is 0.616. The van der Waals surface area contributed by atoms with Crippen LogP contribution in [0.2, 0.25) is 0 Å². The number of aryl methyl sites for hydroxylation is 1. The highest BCUT2D eigenvalue weighted by Gasteiger charge is 2.07. The molecule has 18 heavy (non-hydrogen) atoms. The summed E-state index contributed by atoms with van der Waals surface area (Å²) in [6, 6.07) is 0. The number of aromatic nitrogens is 5. The zero-order valence-electron chi connectivity index (χ0n) is 10.2. The zero-order chi connectivity index (χ0) is 13.0. The van der Waals surface area contributed by atoms with Crippen molar-refractivity contribution in [1.29, 1.82) is 0 Å². The van der Waals surface area contributed by atoms with E-state index in [4.69, 9.17) is 0 Å². The third-order valence-corrected chi connectivity index (χ3v) is 2.14. The summed E-state index contributed by atoms with van der Waals surface area (Å²) in [6.07, 6.45) is 2.70. The summed E-state index contributed by atoms with van der Waals surface area (Å²) in [5.74, 6) is 0.580. The Hall–Kier alpha value is -2.25. The van der Waals surface area contributed by atoms with E-state index in [1.54, 1.807) is 18.1 Å². The number of hydrogen-bond acceptors (Lipinski definition) is 6. The van der Waals surface area contributed by atoms with Crippen LogP contribution in [0.15, 0.2) is 12.5 Å². The summed E-state index contributed by atoms with van der Waals surface area (Å²) in [5, 5.41) is 9.83. The lowest BCUT2D eigenvalue weighted by Crippen LogP contribution is -2.09. The van der Waals surface area contributed by atoms with Crippen LogP contribution in [0.3, 0.4) is 0 Å². The van der Waals surface area contributed by atoms with Gasteiger partial charge in [0.1, 0.15) is 6.33 Å². The van der Waals surface area contributed by atoms with E-state index in [-0.39, 0.29) is 5.82 Å². The fraction of sp³-hybridized carbons (Fsp3) is 0.400. The maximum atomic E-state index is 13.5. The van der Waals surface area contributed by atoms with Crippen molar-refractivity contribution < 1.29 is 4.39 Å². The molecule has 2 aromatic heterocycles. The lowest BCUT2D eigenvalue weighted by Gasteiger charge is -2.06. The summed E-state index contributed by atoms with van der Waals surface area (Å²) in [6.45, 7) is 2.89. The molecule has 0 saturated carbocycles. The number of anilines is 2. The molecule has 0 fully saturated rings. The molecule has 0 unspecified atom stereocenters. The Morgan fingerprint density at radius 1 is 1.33 bits per heavy atom. The number of nitrogens with one attached hydrogen (secondary N) is 2. The lowest BCUT2D eigenvalue weighted by atomic mass is 10.5. The second kappa shape index (κ2) is 5.39. The van der Waals surface area contributed by atoms with Crippen LogP contribution < -0.4 is 10.6 Å². The van der Waals surface area contributed by atoms with Crippen LogP contribution >= 0.6 is 0 Å². The average molecular weight is 251 g/mol. The van der Waals surface area contributed by atoms with Crippen molar-refractivity contribution in [2.24, 2.45) is 7.05 Å². The van der Waals surface area contributed by atoms with E-state index in [9.17, 15) is 4.39 Å². The summed E-state index contributed by atoms with van der Waals surface area (Å²) in [4.78, 5) is 11.9. The molecule has 2 heterocycles. The summed E-state index contributed by atoms with van der Waals surface area (Å²) >= 11 is 0. The third kappa shape index (κ3) is 2.90. The SMILES string of the molecule is CCNc1ncc(F)c(NCc2ncn(C)n2)n1. The van der Waals surface area contributed by atoms with Crippen molar-refractivity contribution in [3.05, 3.63) is 24.2 Å². The summed E-state index contributed by atoms with van der Waals surface area (Å²) < 4.78 is 15.0. The molecule has 0 atom stereocenters. The Kier molecular flexibility index (Phi) is 3.66. The van der Waals surface area contributed by atoms with Crippen LogP contribution in [0.5, 0.6) is 0 Å². The van der Waals surface area contributed by atoms with Crippen LogP contribution in [0.25, 0.3) is 0 Å². The summed E-state index contributed by atoms with van der Waals surface area (Å²) in [7, 11) is 1.77. The summed E-state index contributed by atoms with van der Waals surface area (Å²) in [5.41, 5.74) is 0. The highest BCUT2D eigenvalue weighted by Crippen LogP contribution is 2.12. The second-order valence-corrected chi connectivity index (χ2v) is 3.61. The Morgan fingerprint density at radius 2 is 2.17 bits per heavy atom. The molecule has 8 heteroatoms. The van der Waals surface area contributed by atoms with Gasteiger partial charge in [-0.2, -0.15) is 10.1 Å². The van der Waals surface area contributed by atoms with Crippen LogP contribution in [0.4, 0.5) is 16.2 Å². The van der Waals surface area contributed by atoms with Crippen molar-refractivity contribution in [1.82, 2.24) is 24.7 Å². The average Bonchev–Trinajstić information content (AvgIpc) is 2.76. The fourth-order valence-corrected chi connectivity index (χ4v) is 1.36. The van der Waals surface area contributed by atoms with Gasteiger partial charge in [-0.25, -0.2) is 14.4 Å².